The minimum Gasteiger partial charge on any atom is -0.398 e. The number of thioether (sulfide) groups is 1. The van der Waals surface area contributed by atoms with Crippen molar-refractivity contribution < 1.29 is 4.39 Å². The molecule has 2 rings (SSSR count). The van der Waals surface area contributed by atoms with Gasteiger partial charge in [-0.15, -0.1) is 11.8 Å². The molecule has 4 heteroatoms. The fraction of sp³-hybridized carbons (Fsp3) is 0.143. The largest absolute Gasteiger partial charge is 0.398 e. The summed E-state index contributed by atoms with van der Waals surface area (Å²) in [5, 5.41) is 0. The van der Waals surface area contributed by atoms with E-state index >= 15 is 0 Å². The van der Waals surface area contributed by atoms with E-state index in [1.54, 1.807) is 23.9 Å². The van der Waals surface area contributed by atoms with Gasteiger partial charge in [0, 0.05) is 16.3 Å². The lowest BCUT2D eigenvalue weighted by Crippen LogP contribution is -1.90. The Morgan fingerprint density at radius 3 is 2.67 bits per heavy atom. The first-order chi connectivity index (χ1) is 8.56. The summed E-state index contributed by atoms with van der Waals surface area (Å²) in [5.74, 6) is 0.533. The van der Waals surface area contributed by atoms with Gasteiger partial charge in [0.15, 0.2) is 0 Å². The molecule has 0 heterocycles. The molecule has 2 aromatic rings. The fourth-order valence-corrected chi connectivity index (χ4v) is 2.91. The molecule has 0 aliphatic rings. The van der Waals surface area contributed by atoms with Crippen molar-refractivity contribution in [1.82, 2.24) is 0 Å². The van der Waals surface area contributed by atoms with E-state index in [1.807, 2.05) is 25.1 Å². The van der Waals surface area contributed by atoms with E-state index in [0.717, 1.165) is 27.5 Å². The highest BCUT2D eigenvalue weighted by atomic mass is 79.9. The predicted octanol–water partition coefficient (Wildman–Crippen LogP) is 4.77. The van der Waals surface area contributed by atoms with Crippen LogP contribution in [-0.4, -0.2) is 0 Å². The van der Waals surface area contributed by atoms with Crippen molar-refractivity contribution in [2.75, 3.05) is 5.73 Å². The molecule has 0 aromatic heterocycles. The van der Waals surface area contributed by atoms with Crippen LogP contribution in [0.3, 0.4) is 0 Å². The smallest absolute Gasteiger partial charge is 0.137 e. The molecule has 1 nitrogen and oxygen atoms in total. The quantitative estimate of drug-likeness (QED) is 0.649. The van der Waals surface area contributed by atoms with Crippen LogP contribution in [0.4, 0.5) is 10.1 Å². The number of benzene rings is 2. The van der Waals surface area contributed by atoms with E-state index in [-0.39, 0.29) is 5.82 Å². The summed E-state index contributed by atoms with van der Waals surface area (Å²) >= 11 is 4.84. The molecule has 0 atom stereocenters. The lowest BCUT2D eigenvalue weighted by atomic mass is 10.2. The maximum absolute atomic E-state index is 13.1. The molecular weight excluding hydrogens is 313 g/mol. The second-order valence-corrected chi connectivity index (χ2v) is 5.95. The number of nitrogen functional groups attached to an aromatic ring is 1. The third-order valence-corrected chi connectivity index (χ3v) is 4.31. The van der Waals surface area contributed by atoms with Crippen molar-refractivity contribution >= 4 is 33.4 Å². The second-order valence-electron chi connectivity index (χ2n) is 4.08. The van der Waals surface area contributed by atoms with Crippen molar-refractivity contribution in [3.8, 4) is 0 Å². The number of nitrogens with two attached hydrogens (primary N) is 1. The lowest BCUT2D eigenvalue weighted by molar-refractivity contribution is 0.620. The Hall–Kier alpha value is -1.00. The zero-order valence-corrected chi connectivity index (χ0v) is 12.3. The Labute approximate surface area is 119 Å². The maximum atomic E-state index is 13.1. The molecule has 0 amide bonds. The molecule has 0 saturated heterocycles. The van der Waals surface area contributed by atoms with Gasteiger partial charge in [-0.25, -0.2) is 4.39 Å². The van der Waals surface area contributed by atoms with Gasteiger partial charge in [0.05, 0.1) is 4.47 Å². The van der Waals surface area contributed by atoms with E-state index in [0.29, 0.717) is 4.47 Å². The molecule has 0 spiro atoms. The molecule has 0 saturated carbocycles. The van der Waals surface area contributed by atoms with E-state index in [9.17, 15) is 4.39 Å². The Morgan fingerprint density at radius 2 is 2.00 bits per heavy atom. The number of hydrogen-bond donors (Lipinski definition) is 1. The van der Waals surface area contributed by atoms with Gasteiger partial charge >= 0.3 is 0 Å². The topological polar surface area (TPSA) is 26.0 Å². The van der Waals surface area contributed by atoms with Crippen molar-refractivity contribution in [3.05, 3.63) is 57.8 Å². The zero-order chi connectivity index (χ0) is 13.1. The van der Waals surface area contributed by atoms with Crippen LogP contribution in [0.1, 0.15) is 11.1 Å². The number of anilines is 1. The van der Waals surface area contributed by atoms with Crippen LogP contribution < -0.4 is 5.73 Å². The summed E-state index contributed by atoms with van der Waals surface area (Å²) in [6.45, 7) is 2.02. The molecule has 2 aromatic carbocycles. The van der Waals surface area contributed by atoms with Crippen molar-refractivity contribution in [2.45, 2.75) is 17.6 Å². The third kappa shape index (κ3) is 3.27. The maximum Gasteiger partial charge on any atom is 0.137 e. The Bertz CT molecular complexity index is 572. The SMILES string of the molecule is Cc1ccc(SCc2ccc(F)c(Br)c2)c(N)c1. The van der Waals surface area contributed by atoms with Gasteiger partial charge in [0.2, 0.25) is 0 Å². The normalized spacial score (nSPS) is 10.6. The molecule has 18 heavy (non-hydrogen) atoms. The van der Waals surface area contributed by atoms with Crippen LogP contribution in [0, 0.1) is 12.7 Å². The number of rotatable bonds is 3. The predicted molar refractivity (Wildman–Crippen MR) is 79.3 cm³/mol. The van der Waals surface area contributed by atoms with Crippen LogP contribution in [0.15, 0.2) is 45.8 Å². The van der Waals surface area contributed by atoms with Gasteiger partial charge in [-0.05, 0) is 58.2 Å². The molecule has 0 bridgehead atoms. The molecular formula is C14H13BrFNS. The van der Waals surface area contributed by atoms with Crippen LogP contribution in [0.5, 0.6) is 0 Å². The molecule has 0 fully saturated rings. The van der Waals surface area contributed by atoms with Crippen LogP contribution in [0.25, 0.3) is 0 Å². The number of aryl methyl sites for hydroxylation is 1. The van der Waals surface area contributed by atoms with E-state index in [1.165, 1.54) is 6.07 Å². The monoisotopic (exact) mass is 325 g/mol. The summed E-state index contributed by atoms with van der Waals surface area (Å²) in [4.78, 5) is 1.06. The highest BCUT2D eigenvalue weighted by molar-refractivity contribution is 9.10. The highest BCUT2D eigenvalue weighted by Crippen LogP contribution is 2.29. The summed E-state index contributed by atoms with van der Waals surface area (Å²) < 4.78 is 13.6. The van der Waals surface area contributed by atoms with E-state index < -0.39 is 0 Å². The Kier molecular flexibility index (Phi) is 4.30. The molecule has 0 aliphatic carbocycles. The van der Waals surface area contributed by atoms with Crippen LogP contribution in [-0.2, 0) is 5.75 Å². The van der Waals surface area contributed by atoms with Gasteiger partial charge in [0.25, 0.3) is 0 Å². The average molecular weight is 326 g/mol. The van der Waals surface area contributed by atoms with Crippen molar-refractivity contribution in [3.63, 3.8) is 0 Å². The molecule has 0 unspecified atom stereocenters. The minimum absolute atomic E-state index is 0.237. The molecule has 0 radical (unpaired) electrons. The Morgan fingerprint density at radius 1 is 1.22 bits per heavy atom. The number of hydrogen-bond acceptors (Lipinski definition) is 2. The zero-order valence-electron chi connectivity index (χ0n) is 9.91. The van der Waals surface area contributed by atoms with E-state index in [4.69, 9.17) is 5.73 Å². The van der Waals surface area contributed by atoms with Gasteiger partial charge < -0.3 is 5.73 Å². The second kappa shape index (κ2) is 5.76. The summed E-state index contributed by atoms with van der Waals surface area (Å²) in [6.07, 6.45) is 0. The molecule has 0 aliphatic heterocycles. The summed E-state index contributed by atoms with van der Waals surface area (Å²) in [6, 6.07) is 11.1. The van der Waals surface area contributed by atoms with Gasteiger partial charge in [-0.1, -0.05) is 12.1 Å². The summed E-state index contributed by atoms with van der Waals surface area (Å²) in [7, 11) is 0. The van der Waals surface area contributed by atoms with Gasteiger partial charge in [0.1, 0.15) is 5.82 Å². The summed E-state index contributed by atoms with van der Waals surface area (Å²) in [5.41, 5.74) is 8.96. The minimum atomic E-state index is -0.237. The van der Waals surface area contributed by atoms with Gasteiger partial charge in [-0.2, -0.15) is 0 Å². The van der Waals surface area contributed by atoms with Crippen molar-refractivity contribution in [2.24, 2.45) is 0 Å². The standard InChI is InChI=1S/C14H13BrFNS/c1-9-2-5-14(13(17)6-9)18-8-10-3-4-12(16)11(15)7-10/h2-7H,8,17H2,1H3. The third-order valence-electron chi connectivity index (χ3n) is 2.54. The first-order valence-corrected chi connectivity index (χ1v) is 7.27. The average Bonchev–Trinajstić information content (AvgIpc) is 2.32. The first-order valence-electron chi connectivity index (χ1n) is 5.49. The first kappa shape index (κ1) is 13.4. The van der Waals surface area contributed by atoms with Crippen LogP contribution >= 0.6 is 27.7 Å². The molecule has 94 valence electrons. The van der Waals surface area contributed by atoms with Crippen molar-refractivity contribution in [1.29, 1.82) is 0 Å². The van der Waals surface area contributed by atoms with Crippen LogP contribution in [0.2, 0.25) is 0 Å². The van der Waals surface area contributed by atoms with E-state index in [2.05, 4.69) is 15.9 Å². The number of halogens is 2. The lowest BCUT2D eigenvalue weighted by Gasteiger charge is -2.07. The Balaban J connectivity index is 2.09. The van der Waals surface area contributed by atoms with Gasteiger partial charge in [-0.3, -0.25) is 0 Å². The highest BCUT2D eigenvalue weighted by Gasteiger charge is 2.03. The fourth-order valence-electron chi connectivity index (χ4n) is 1.59. The molecule has 2 N–H and O–H groups in total.